The Bertz CT molecular complexity index is 1520. The van der Waals surface area contributed by atoms with Crippen molar-refractivity contribution in [1.82, 2.24) is 9.80 Å². The predicted molar refractivity (Wildman–Crippen MR) is 157 cm³/mol. The number of rotatable bonds is 8. The van der Waals surface area contributed by atoms with Crippen molar-refractivity contribution in [3.05, 3.63) is 86.5 Å². The molecule has 1 unspecified atom stereocenters. The summed E-state index contributed by atoms with van der Waals surface area (Å²) in [6.07, 6.45) is 2.49. The summed E-state index contributed by atoms with van der Waals surface area (Å²) in [5.74, 6) is -1.70. The quantitative estimate of drug-likeness (QED) is 0.204. The molecule has 212 valence electrons. The summed E-state index contributed by atoms with van der Waals surface area (Å²) < 4.78 is 0. The molecule has 1 aliphatic carbocycles. The number of aliphatic hydroxyl groups excluding tert-OH is 1. The number of fused-ring (bicyclic) bond motifs is 1. The van der Waals surface area contributed by atoms with E-state index in [1.54, 1.807) is 30.3 Å². The summed E-state index contributed by atoms with van der Waals surface area (Å²) in [5, 5.41) is 25.3. The molecule has 2 aromatic rings. The summed E-state index contributed by atoms with van der Waals surface area (Å²) in [6.45, 7) is 2.11. The SMILES string of the molecule is O=C(Nc1cccc2c1C(=O)N(CC(O)CN1CCN(c3ccccc3[N+](=O)[O-])CC1)C2=O)C1=CC(Cl)=CCC1=S. The zero-order chi connectivity index (χ0) is 29.3. The topological polar surface area (TPSA) is 136 Å². The molecule has 11 nitrogen and oxygen atoms in total. The second-order valence-electron chi connectivity index (χ2n) is 9.86. The van der Waals surface area contributed by atoms with E-state index in [-0.39, 0.29) is 41.2 Å². The van der Waals surface area contributed by atoms with Crippen molar-refractivity contribution >= 4 is 63.5 Å². The van der Waals surface area contributed by atoms with Gasteiger partial charge in [-0.1, -0.05) is 48.1 Å². The van der Waals surface area contributed by atoms with E-state index >= 15 is 0 Å². The predicted octanol–water partition coefficient (Wildman–Crippen LogP) is 3.14. The molecule has 3 aliphatic rings. The highest BCUT2D eigenvalue weighted by Gasteiger charge is 2.39. The lowest BCUT2D eigenvalue weighted by atomic mass is 10.0. The standard InChI is InChI=1S/C28H26ClN5O6S/c29-17-8-9-24(41)20(14-17)26(36)30-21-5-3-4-19-25(21)28(38)33(27(19)37)16-18(35)15-31-10-12-32(13-11-31)22-6-1-2-7-23(22)34(39)40/h1-8,14,18,35H,9-13,15-16H2,(H,30,36). The molecular formula is C28H26ClN5O6S. The Hall–Kier alpha value is -3.97. The third kappa shape index (κ3) is 5.91. The molecule has 0 spiro atoms. The van der Waals surface area contributed by atoms with Crippen molar-refractivity contribution in [2.75, 3.05) is 49.5 Å². The number of nitrogens with zero attached hydrogens (tertiary/aromatic N) is 4. The lowest BCUT2D eigenvalue weighted by Gasteiger charge is -2.36. The van der Waals surface area contributed by atoms with Crippen LogP contribution >= 0.6 is 23.8 Å². The average molecular weight is 596 g/mol. The van der Waals surface area contributed by atoms with Gasteiger partial charge in [0, 0.05) is 55.1 Å². The normalized spacial score (nSPS) is 18.1. The number of para-hydroxylation sites is 2. The highest BCUT2D eigenvalue weighted by atomic mass is 35.5. The van der Waals surface area contributed by atoms with Gasteiger partial charge in [-0.15, -0.1) is 0 Å². The van der Waals surface area contributed by atoms with Crippen LogP contribution in [0.25, 0.3) is 0 Å². The first-order valence-electron chi connectivity index (χ1n) is 12.9. The molecule has 1 atom stereocenters. The van der Waals surface area contributed by atoms with Gasteiger partial charge in [-0.25, -0.2) is 0 Å². The Morgan fingerprint density at radius 3 is 2.54 bits per heavy atom. The van der Waals surface area contributed by atoms with Gasteiger partial charge in [-0.2, -0.15) is 0 Å². The van der Waals surface area contributed by atoms with E-state index in [1.165, 1.54) is 24.3 Å². The summed E-state index contributed by atoms with van der Waals surface area (Å²) in [5.41, 5.74) is 1.17. The summed E-state index contributed by atoms with van der Waals surface area (Å²) in [6, 6.07) is 11.2. The molecule has 2 N–H and O–H groups in total. The molecule has 5 rings (SSSR count). The maximum absolute atomic E-state index is 13.3. The number of β-amino-alcohol motifs (C(OH)–C–C–N with tert-alkyl or cyclic N) is 1. The first kappa shape index (κ1) is 28.6. The first-order valence-corrected chi connectivity index (χ1v) is 13.7. The molecule has 3 amide bonds. The minimum Gasteiger partial charge on any atom is -0.390 e. The van der Waals surface area contributed by atoms with Gasteiger partial charge in [0.15, 0.2) is 0 Å². The van der Waals surface area contributed by atoms with Gasteiger partial charge in [-0.05, 0) is 24.3 Å². The van der Waals surface area contributed by atoms with Gasteiger partial charge in [0.25, 0.3) is 23.4 Å². The van der Waals surface area contributed by atoms with Crippen LogP contribution in [0.5, 0.6) is 0 Å². The van der Waals surface area contributed by atoms with E-state index in [0.717, 1.165) is 4.90 Å². The molecule has 41 heavy (non-hydrogen) atoms. The molecule has 13 heteroatoms. The lowest BCUT2D eigenvalue weighted by molar-refractivity contribution is -0.384. The van der Waals surface area contributed by atoms with Crippen molar-refractivity contribution in [3.63, 3.8) is 0 Å². The molecule has 1 saturated heterocycles. The van der Waals surface area contributed by atoms with E-state index in [9.17, 15) is 29.6 Å². The number of piperazine rings is 1. The van der Waals surface area contributed by atoms with E-state index in [1.807, 2.05) is 9.80 Å². The van der Waals surface area contributed by atoms with Gasteiger partial charge in [0.05, 0.1) is 40.0 Å². The largest absolute Gasteiger partial charge is 0.390 e. The average Bonchev–Trinajstić information content (AvgIpc) is 3.20. The number of aliphatic hydroxyl groups is 1. The van der Waals surface area contributed by atoms with Crippen LogP contribution in [-0.4, -0.2) is 87.8 Å². The molecule has 0 saturated carbocycles. The minimum absolute atomic E-state index is 0.0426. The monoisotopic (exact) mass is 595 g/mol. The number of nitrogens with one attached hydrogen (secondary N) is 1. The van der Waals surface area contributed by atoms with Gasteiger partial charge >= 0.3 is 0 Å². The van der Waals surface area contributed by atoms with Crippen molar-refractivity contribution < 1.29 is 24.4 Å². The zero-order valence-electron chi connectivity index (χ0n) is 21.8. The van der Waals surface area contributed by atoms with Crippen LogP contribution in [0.4, 0.5) is 17.1 Å². The fourth-order valence-corrected chi connectivity index (χ4v) is 5.61. The Morgan fingerprint density at radius 1 is 1.07 bits per heavy atom. The van der Waals surface area contributed by atoms with Crippen molar-refractivity contribution in [2.24, 2.45) is 0 Å². The van der Waals surface area contributed by atoms with Crippen molar-refractivity contribution in [2.45, 2.75) is 12.5 Å². The number of carbonyl (C=O) groups is 3. The lowest BCUT2D eigenvalue weighted by Crippen LogP contribution is -2.50. The molecule has 2 aromatic carbocycles. The second kappa shape index (κ2) is 11.9. The number of carbonyl (C=O) groups excluding carboxylic acids is 3. The van der Waals surface area contributed by atoms with Crippen molar-refractivity contribution in [3.8, 4) is 0 Å². The van der Waals surface area contributed by atoms with Crippen LogP contribution in [0.15, 0.2) is 65.2 Å². The zero-order valence-corrected chi connectivity index (χ0v) is 23.4. The highest BCUT2D eigenvalue weighted by Crippen LogP contribution is 2.31. The van der Waals surface area contributed by atoms with Crippen LogP contribution in [0.3, 0.4) is 0 Å². The Labute approximate surface area is 245 Å². The van der Waals surface area contributed by atoms with Gasteiger partial charge < -0.3 is 15.3 Å². The number of nitro benzene ring substituents is 1. The maximum Gasteiger partial charge on any atom is 0.292 e. The summed E-state index contributed by atoms with van der Waals surface area (Å²) >= 11 is 11.3. The number of hydrogen-bond donors (Lipinski definition) is 2. The fraction of sp³-hybridized carbons (Fsp3) is 0.286. The van der Waals surface area contributed by atoms with Gasteiger partial charge in [0.2, 0.25) is 0 Å². The van der Waals surface area contributed by atoms with Crippen molar-refractivity contribution in [1.29, 1.82) is 0 Å². The third-order valence-corrected chi connectivity index (χ3v) is 7.86. The van der Waals surface area contributed by atoms with Gasteiger partial charge in [-0.3, -0.25) is 34.3 Å². The molecule has 0 radical (unpaired) electrons. The Balaban J connectivity index is 1.21. The van der Waals surface area contributed by atoms with E-state index < -0.39 is 28.7 Å². The number of thiocarbonyl (C=S) groups is 1. The summed E-state index contributed by atoms with van der Waals surface area (Å²) in [7, 11) is 0. The van der Waals surface area contributed by atoms with Gasteiger partial charge in [0.1, 0.15) is 5.69 Å². The molecule has 2 aliphatic heterocycles. The number of allylic oxidation sites excluding steroid dienone is 3. The molecule has 0 aromatic heterocycles. The Kier molecular flexibility index (Phi) is 8.27. The minimum atomic E-state index is -1.02. The highest BCUT2D eigenvalue weighted by molar-refractivity contribution is 7.81. The number of amides is 3. The first-order chi connectivity index (χ1) is 19.6. The number of hydrogen-bond acceptors (Lipinski definition) is 9. The number of imide groups is 1. The second-order valence-corrected chi connectivity index (χ2v) is 10.8. The summed E-state index contributed by atoms with van der Waals surface area (Å²) in [4.78, 5) is 55.6. The maximum atomic E-state index is 13.3. The van der Waals surface area contributed by atoms with E-state index in [2.05, 4.69) is 5.32 Å². The molecule has 0 bridgehead atoms. The van der Waals surface area contributed by atoms with E-state index in [0.29, 0.717) is 48.2 Å². The van der Waals surface area contributed by atoms with Crippen LogP contribution in [-0.2, 0) is 4.79 Å². The Morgan fingerprint density at radius 2 is 1.80 bits per heavy atom. The smallest absolute Gasteiger partial charge is 0.292 e. The number of benzene rings is 2. The van der Waals surface area contributed by atoms with Crippen LogP contribution < -0.4 is 10.2 Å². The number of halogens is 1. The van der Waals surface area contributed by atoms with Crippen LogP contribution in [0, 0.1) is 10.1 Å². The molecule has 1 fully saturated rings. The van der Waals surface area contributed by atoms with Crippen LogP contribution in [0.2, 0.25) is 0 Å². The third-order valence-electron chi connectivity index (χ3n) is 7.21. The van der Waals surface area contributed by atoms with Crippen LogP contribution in [0.1, 0.15) is 27.1 Å². The fourth-order valence-electron chi connectivity index (χ4n) is 5.19. The van der Waals surface area contributed by atoms with E-state index in [4.69, 9.17) is 23.8 Å². The number of nitro groups is 1. The number of anilines is 2. The molecule has 2 heterocycles. The molecular weight excluding hydrogens is 570 g/mol.